The number of benzene rings is 2. The van der Waals surface area contributed by atoms with E-state index in [1.54, 1.807) is 51.1 Å². The number of rotatable bonds is 8. The molecular formula is C24H31N3O5S. The van der Waals surface area contributed by atoms with Crippen molar-refractivity contribution in [2.45, 2.75) is 38.5 Å². The Labute approximate surface area is 195 Å². The molecular weight excluding hydrogens is 442 g/mol. The Morgan fingerprint density at radius 2 is 1.67 bits per heavy atom. The molecule has 0 unspecified atom stereocenters. The van der Waals surface area contributed by atoms with Gasteiger partial charge in [0.1, 0.15) is 0 Å². The number of nitrogens with one attached hydrogen (secondary N) is 1. The molecule has 0 atom stereocenters. The van der Waals surface area contributed by atoms with E-state index in [-0.39, 0.29) is 10.5 Å². The number of sulfonamides is 1. The van der Waals surface area contributed by atoms with Crippen molar-refractivity contribution in [2.24, 2.45) is 0 Å². The molecule has 3 rings (SSSR count). The van der Waals surface area contributed by atoms with Gasteiger partial charge in [0.05, 0.1) is 28.9 Å². The van der Waals surface area contributed by atoms with Gasteiger partial charge in [-0.2, -0.15) is 4.31 Å². The third-order valence-electron chi connectivity index (χ3n) is 5.89. The topological polar surface area (TPSA) is 96.0 Å². The highest BCUT2D eigenvalue weighted by Crippen LogP contribution is 2.31. The van der Waals surface area contributed by atoms with Crippen molar-refractivity contribution in [2.75, 3.05) is 43.5 Å². The molecule has 1 heterocycles. The number of carbonyl (C=O) groups is 2. The van der Waals surface area contributed by atoms with E-state index in [1.807, 2.05) is 0 Å². The van der Waals surface area contributed by atoms with Gasteiger partial charge in [0, 0.05) is 31.7 Å². The molecule has 0 aromatic heterocycles. The van der Waals surface area contributed by atoms with Gasteiger partial charge in [-0.25, -0.2) is 13.2 Å². The minimum atomic E-state index is -3.72. The molecule has 0 aliphatic carbocycles. The SMILES string of the molecule is CCN(CC)S(=O)(=O)c1cc(C(=O)Nc2cc(C(=O)OC)ccc2N2CCCC2)ccc1C. The van der Waals surface area contributed by atoms with Crippen LogP contribution < -0.4 is 10.2 Å². The summed E-state index contributed by atoms with van der Waals surface area (Å²) in [7, 11) is -2.41. The van der Waals surface area contributed by atoms with Crippen LogP contribution in [0.4, 0.5) is 11.4 Å². The summed E-state index contributed by atoms with van der Waals surface area (Å²) in [6.45, 7) is 7.67. The number of aryl methyl sites for hydroxylation is 1. The molecule has 1 saturated heterocycles. The summed E-state index contributed by atoms with van der Waals surface area (Å²) in [6, 6.07) is 9.73. The highest BCUT2D eigenvalue weighted by Gasteiger charge is 2.25. The maximum atomic E-state index is 13.2. The minimum Gasteiger partial charge on any atom is -0.465 e. The van der Waals surface area contributed by atoms with Gasteiger partial charge in [-0.05, 0) is 55.7 Å². The Hall–Kier alpha value is -2.91. The summed E-state index contributed by atoms with van der Waals surface area (Å²) < 4.78 is 32.3. The third-order valence-corrected chi connectivity index (χ3v) is 8.08. The van der Waals surface area contributed by atoms with E-state index in [9.17, 15) is 18.0 Å². The molecule has 1 aliphatic rings. The van der Waals surface area contributed by atoms with E-state index < -0.39 is 21.9 Å². The zero-order chi connectivity index (χ0) is 24.2. The molecule has 1 amide bonds. The molecule has 0 radical (unpaired) electrons. The van der Waals surface area contributed by atoms with Crippen molar-refractivity contribution in [1.29, 1.82) is 0 Å². The van der Waals surface area contributed by atoms with Crippen LogP contribution in [0.25, 0.3) is 0 Å². The second-order valence-corrected chi connectivity index (χ2v) is 9.85. The largest absolute Gasteiger partial charge is 0.465 e. The van der Waals surface area contributed by atoms with E-state index in [4.69, 9.17) is 4.74 Å². The Morgan fingerprint density at radius 1 is 1.03 bits per heavy atom. The minimum absolute atomic E-state index is 0.113. The van der Waals surface area contributed by atoms with E-state index in [2.05, 4.69) is 10.2 Å². The monoisotopic (exact) mass is 473 g/mol. The lowest BCUT2D eigenvalue weighted by Crippen LogP contribution is -2.31. The van der Waals surface area contributed by atoms with Gasteiger partial charge in [0.2, 0.25) is 10.0 Å². The van der Waals surface area contributed by atoms with Gasteiger partial charge >= 0.3 is 5.97 Å². The van der Waals surface area contributed by atoms with Crippen LogP contribution in [0, 0.1) is 6.92 Å². The standard InChI is InChI=1S/C24H31N3O5S/c1-5-27(6-2)33(30,31)22-16-18(10-9-17(22)3)23(28)25-20-15-19(24(29)32-4)11-12-21(20)26-13-7-8-14-26/h9-12,15-16H,5-8,13-14H2,1-4H3,(H,25,28). The van der Waals surface area contributed by atoms with Gasteiger partial charge < -0.3 is 15.0 Å². The van der Waals surface area contributed by atoms with Crippen LogP contribution in [0.3, 0.4) is 0 Å². The molecule has 1 N–H and O–H groups in total. The molecule has 0 saturated carbocycles. The summed E-state index contributed by atoms with van der Waals surface area (Å²) in [4.78, 5) is 27.5. The fraction of sp³-hybridized carbons (Fsp3) is 0.417. The van der Waals surface area contributed by atoms with Crippen molar-refractivity contribution >= 4 is 33.3 Å². The fourth-order valence-corrected chi connectivity index (χ4v) is 5.74. The number of anilines is 2. The summed E-state index contributed by atoms with van der Waals surface area (Å²) in [5.74, 6) is -0.949. The second-order valence-electron chi connectivity index (χ2n) is 7.94. The number of esters is 1. The van der Waals surface area contributed by atoms with Crippen molar-refractivity contribution in [1.82, 2.24) is 4.31 Å². The molecule has 1 fully saturated rings. The Balaban J connectivity index is 1.98. The first-order valence-corrected chi connectivity index (χ1v) is 12.6. The summed E-state index contributed by atoms with van der Waals surface area (Å²) >= 11 is 0. The average Bonchev–Trinajstić information content (AvgIpc) is 3.34. The molecule has 1 aliphatic heterocycles. The maximum Gasteiger partial charge on any atom is 0.337 e. The molecule has 2 aromatic rings. The fourth-order valence-electron chi connectivity index (χ4n) is 4.03. The first kappa shape index (κ1) is 24.7. The number of nitrogens with zero attached hydrogens (tertiary/aromatic N) is 2. The Bertz CT molecular complexity index is 1140. The predicted octanol–water partition coefficient (Wildman–Crippen LogP) is 3.66. The highest BCUT2D eigenvalue weighted by atomic mass is 32.2. The Morgan fingerprint density at radius 3 is 2.27 bits per heavy atom. The molecule has 2 aromatic carbocycles. The lowest BCUT2D eigenvalue weighted by molar-refractivity contribution is 0.0600. The first-order valence-electron chi connectivity index (χ1n) is 11.1. The van der Waals surface area contributed by atoms with Crippen LogP contribution in [0.15, 0.2) is 41.3 Å². The van der Waals surface area contributed by atoms with E-state index in [1.165, 1.54) is 17.5 Å². The normalized spacial score (nSPS) is 13.9. The molecule has 33 heavy (non-hydrogen) atoms. The zero-order valence-electron chi connectivity index (χ0n) is 19.6. The van der Waals surface area contributed by atoms with Crippen LogP contribution in [-0.2, 0) is 14.8 Å². The van der Waals surface area contributed by atoms with Crippen molar-refractivity contribution in [3.05, 3.63) is 53.1 Å². The predicted molar refractivity (Wildman–Crippen MR) is 128 cm³/mol. The highest BCUT2D eigenvalue weighted by molar-refractivity contribution is 7.89. The van der Waals surface area contributed by atoms with Crippen LogP contribution in [0.1, 0.15) is 53.0 Å². The van der Waals surface area contributed by atoms with E-state index in [0.29, 0.717) is 29.9 Å². The third kappa shape index (κ3) is 5.20. The lowest BCUT2D eigenvalue weighted by Gasteiger charge is -2.22. The van der Waals surface area contributed by atoms with Crippen LogP contribution >= 0.6 is 0 Å². The average molecular weight is 474 g/mol. The number of methoxy groups -OCH3 is 1. The number of ether oxygens (including phenoxy) is 1. The molecule has 178 valence electrons. The van der Waals surface area contributed by atoms with Crippen molar-refractivity contribution in [3.8, 4) is 0 Å². The van der Waals surface area contributed by atoms with Gasteiger partial charge in [-0.15, -0.1) is 0 Å². The van der Waals surface area contributed by atoms with Crippen LogP contribution in [-0.4, -0.2) is 57.9 Å². The zero-order valence-corrected chi connectivity index (χ0v) is 20.4. The summed E-state index contributed by atoms with van der Waals surface area (Å²) in [6.07, 6.45) is 2.10. The lowest BCUT2D eigenvalue weighted by atomic mass is 10.1. The van der Waals surface area contributed by atoms with Gasteiger partial charge in [0.15, 0.2) is 0 Å². The van der Waals surface area contributed by atoms with Gasteiger partial charge in [-0.1, -0.05) is 19.9 Å². The summed E-state index contributed by atoms with van der Waals surface area (Å²) in [5, 5.41) is 2.88. The molecule has 0 bridgehead atoms. The number of hydrogen-bond donors (Lipinski definition) is 1. The van der Waals surface area contributed by atoms with Crippen LogP contribution in [0.2, 0.25) is 0 Å². The van der Waals surface area contributed by atoms with Crippen molar-refractivity contribution in [3.63, 3.8) is 0 Å². The smallest absolute Gasteiger partial charge is 0.337 e. The Kier molecular flexibility index (Phi) is 7.76. The molecule has 9 heteroatoms. The van der Waals surface area contributed by atoms with Gasteiger partial charge in [-0.3, -0.25) is 4.79 Å². The first-order chi connectivity index (χ1) is 15.7. The second kappa shape index (κ2) is 10.4. The summed E-state index contributed by atoms with van der Waals surface area (Å²) in [5.41, 5.74) is 2.42. The number of carbonyl (C=O) groups excluding carboxylic acids is 2. The quantitative estimate of drug-likeness (QED) is 0.588. The van der Waals surface area contributed by atoms with Crippen LogP contribution in [0.5, 0.6) is 0 Å². The van der Waals surface area contributed by atoms with Gasteiger partial charge in [0.25, 0.3) is 5.91 Å². The number of amides is 1. The maximum absolute atomic E-state index is 13.2. The number of hydrogen-bond acceptors (Lipinski definition) is 6. The molecule has 8 nitrogen and oxygen atoms in total. The van der Waals surface area contributed by atoms with E-state index in [0.717, 1.165) is 31.6 Å². The molecule has 0 spiro atoms. The van der Waals surface area contributed by atoms with Crippen molar-refractivity contribution < 1.29 is 22.7 Å². The van der Waals surface area contributed by atoms with E-state index >= 15 is 0 Å².